The van der Waals surface area contributed by atoms with Gasteiger partial charge < -0.3 is 10.4 Å². The fourth-order valence-corrected chi connectivity index (χ4v) is 4.20. The molecule has 0 saturated heterocycles. The SMILES string of the molecule is CCNC1(C(=O)O)CCCC(Sc2cccc(F)c2)C1. The van der Waals surface area contributed by atoms with Gasteiger partial charge in [0.15, 0.2) is 0 Å². The van der Waals surface area contributed by atoms with Crippen LogP contribution in [0.3, 0.4) is 0 Å². The lowest BCUT2D eigenvalue weighted by molar-refractivity contribution is -0.146. The molecule has 0 aromatic heterocycles. The van der Waals surface area contributed by atoms with E-state index in [1.54, 1.807) is 17.8 Å². The minimum absolute atomic E-state index is 0.209. The van der Waals surface area contributed by atoms with Gasteiger partial charge in [-0.25, -0.2) is 4.39 Å². The van der Waals surface area contributed by atoms with Crippen molar-refractivity contribution >= 4 is 17.7 Å². The van der Waals surface area contributed by atoms with Gasteiger partial charge in [-0.2, -0.15) is 0 Å². The lowest BCUT2D eigenvalue weighted by Crippen LogP contribution is -2.55. The van der Waals surface area contributed by atoms with E-state index < -0.39 is 11.5 Å². The molecule has 1 aliphatic carbocycles. The Morgan fingerprint density at radius 3 is 3.05 bits per heavy atom. The second-order valence-corrected chi connectivity index (χ2v) is 6.58. The number of nitrogens with one attached hydrogen (secondary N) is 1. The molecular formula is C15H20FNO2S. The number of hydrogen-bond acceptors (Lipinski definition) is 3. The summed E-state index contributed by atoms with van der Waals surface area (Å²) in [4.78, 5) is 12.5. The number of carbonyl (C=O) groups is 1. The van der Waals surface area contributed by atoms with Crippen LogP contribution >= 0.6 is 11.8 Å². The minimum atomic E-state index is -0.821. The maximum Gasteiger partial charge on any atom is 0.323 e. The smallest absolute Gasteiger partial charge is 0.323 e. The second-order valence-electron chi connectivity index (χ2n) is 5.21. The van der Waals surface area contributed by atoms with E-state index in [0.29, 0.717) is 19.4 Å². The van der Waals surface area contributed by atoms with E-state index in [2.05, 4.69) is 5.32 Å². The zero-order chi connectivity index (χ0) is 14.6. The summed E-state index contributed by atoms with van der Waals surface area (Å²) in [6.45, 7) is 2.57. The normalized spacial score (nSPS) is 26.4. The molecule has 1 aromatic rings. The van der Waals surface area contributed by atoms with Gasteiger partial charge in [-0.15, -0.1) is 11.8 Å². The van der Waals surface area contributed by atoms with Crippen molar-refractivity contribution in [1.82, 2.24) is 5.32 Å². The number of hydrogen-bond donors (Lipinski definition) is 2. The topological polar surface area (TPSA) is 49.3 Å². The number of thioether (sulfide) groups is 1. The van der Waals surface area contributed by atoms with Crippen LogP contribution in [0.4, 0.5) is 4.39 Å². The summed E-state index contributed by atoms with van der Waals surface area (Å²) in [5.74, 6) is -1.02. The van der Waals surface area contributed by atoms with Crippen LogP contribution in [-0.4, -0.2) is 28.4 Å². The quantitative estimate of drug-likeness (QED) is 0.875. The highest BCUT2D eigenvalue weighted by Crippen LogP contribution is 2.38. The largest absolute Gasteiger partial charge is 0.480 e. The van der Waals surface area contributed by atoms with Crippen molar-refractivity contribution in [3.8, 4) is 0 Å². The van der Waals surface area contributed by atoms with Crippen LogP contribution in [0, 0.1) is 5.82 Å². The van der Waals surface area contributed by atoms with E-state index in [0.717, 1.165) is 17.7 Å². The number of benzene rings is 1. The highest BCUT2D eigenvalue weighted by molar-refractivity contribution is 8.00. The third-order valence-electron chi connectivity index (χ3n) is 3.73. The molecule has 1 fully saturated rings. The zero-order valence-electron chi connectivity index (χ0n) is 11.6. The average molecular weight is 297 g/mol. The third kappa shape index (κ3) is 3.52. The Kier molecular flexibility index (Phi) is 5.05. The standard InChI is InChI=1S/C15H20FNO2S/c1-2-17-15(14(18)19)8-4-7-13(10-15)20-12-6-3-5-11(16)9-12/h3,5-6,9,13,17H,2,4,7-8,10H2,1H3,(H,18,19). The molecule has 0 aliphatic heterocycles. The van der Waals surface area contributed by atoms with Gasteiger partial charge in [0.25, 0.3) is 0 Å². The molecule has 0 amide bonds. The van der Waals surface area contributed by atoms with Crippen molar-refractivity contribution in [3.63, 3.8) is 0 Å². The Labute approximate surface area is 123 Å². The van der Waals surface area contributed by atoms with Crippen molar-refractivity contribution in [1.29, 1.82) is 0 Å². The molecule has 2 atom stereocenters. The zero-order valence-corrected chi connectivity index (χ0v) is 12.4. The molecule has 1 saturated carbocycles. The van der Waals surface area contributed by atoms with Gasteiger partial charge in [0, 0.05) is 10.1 Å². The van der Waals surface area contributed by atoms with Crippen molar-refractivity contribution < 1.29 is 14.3 Å². The molecule has 1 aromatic carbocycles. The van der Waals surface area contributed by atoms with E-state index in [1.165, 1.54) is 12.1 Å². The Morgan fingerprint density at radius 1 is 1.60 bits per heavy atom. The molecule has 0 radical (unpaired) electrons. The van der Waals surface area contributed by atoms with Gasteiger partial charge in [-0.1, -0.05) is 13.0 Å². The lowest BCUT2D eigenvalue weighted by Gasteiger charge is -2.38. The highest BCUT2D eigenvalue weighted by Gasteiger charge is 2.42. The Balaban J connectivity index is 2.08. The number of carboxylic acids is 1. The van der Waals surface area contributed by atoms with Crippen LogP contribution in [0.5, 0.6) is 0 Å². The van der Waals surface area contributed by atoms with Crippen LogP contribution in [0.2, 0.25) is 0 Å². The Hall–Kier alpha value is -1.07. The maximum atomic E-state index is 13.2. The average Bonchev–Trinajstić information content (AvgIpc) is 2.39. The monoisotopic (exact) mass is 297 g/mol. The molecule has 2 rings (SSSR count). The molecule has 2 unspecified atom stereocenters. The van der Waals surface area contributed by atoms with Crippen LogP contribution in [0.15, 0.2) is 29.2 Å². The third-order valence-corrected chi connectivity index (χ3v) is 4.99. The van der Waals surface area contributed by atoms with Gasteiger partial charge in [-0.3, -0.25) is 4.79 Å². The summed E-state index contributed by atoms with van der Waals surface area (Å²) in [5, 5.41) is 12.9. The van der Waals surface area contributed by atoms with Gasteiger partial charge in [0.1, 0.15) is 11.4 Å². The summed E-state index contributed by atoms with van der Waals surface area (Å²) in [7, 11) is 0. The Bertz CT molecular complexity index is 479. The van der Waals surface area contributed by atoms with E-state index in [-0.39, 0.29) is 11.1 Å². The highest BCUT2D eigenvalue weighted by atomic mass is 32.2. The molecule has 5 heteroatoms. The molecule has 0 bridgehead atoms. The van der Waals surface area contributed by atoms with Crippen LogP contribution < -0.4 is 5.32 Å². The molecule has 0 spiro atoms. The predicted molar refractivity (Wildman–Crippen MR) is 78.6 cm³/mol. The summed E-state index contributed by atoms with van der Waals surface area (Å²) in [5.41, 5.74) is -0.821. The summed E-state index contributed by atoms with van der Waals surface area (Å²) >= 11 is 1.58. The lowest BCUT2D eigenvalue weighted by atomic mass is 9.81. The van der Waals surface area contributed by atoms with E-state index >= 15 is 0 Å². The van der Waals surface area contributed by atoms with Crippen LogP contribution in [0.1, 0.15) is 32.6 Å². The molecule has 3 nitrogen and oxygen atoms in total. The summed E-state index contributed by atoms with van der Waals surface area (Å²) in [6.07, 6.45) is 3.10. The van der Waals surface area contributed by atoms with Gasteiger partial charge in [0.2, 0.25) is 0 Å². The molecular weight excluding hydrogens is 277 g/mol. The molecule has 0 heterocycles. The van der Waals surface area contributed by atoms with Crippen LogP contribution in [-0.2, 0) is 4.79 Å². The number of halogens is 1. The minimum Gasteiger partial charge on any atom is -0.480 e. The van der Waals surface area contributed by atoms with Crippen LogP contribution in [0.25, 0.3) is 0 Å². The fraction of sp³-hybridized carbons (Fsp3) is 0.533. The van der Waals surface area contributed by atoms with Gasteiger partial charge in [-0.05, 0) is 50.4 Å². The first-order chi connectivity index (χ1) is 9.55. The summed E-state index contributed by atoms with van der Waals surface area (Å²) < 4.78 is 13.2. The van der Waals surface area contributed by atoms with Crippen molar-refractivity contribution in [2.24, 2.45) is 0 Å². The first kappa shape index (κ1) is 15.3. The van der Waals surface area contributed by atoms with E-state index in [4.69, 9.17) is 0 Å². The number of rotatable bonds is 5. The molecule has 110 valence electrons. The van der Waals surface area contributed by atoms with Gasteiger partial charge >= 0.3 is 5.97 Å². The fourth-order valence-electron chi connectivity index (χ4n) is 2.83. The van der Waals surface area contributed by atoms with E-state index in [1.807, 2.05) is 13.0 Å². The Morgan fingerprint density at radius 2 is 2.40 bits per heavy atom. The van der Waals surface area contributed by atoms with Crippen molar-refractivity contribution in [2.75, 3.05) is 6.54 Å². The molecule has 1 aliphatic rings. The number of likely N-dealkylation sites (N-methyl/N-ethyl adjacent to an activating group) is 1. The summed E-state index contributed by atoms with van der Waals surface area (Å²) in [6, 6.07) is 6.49. The maximum absolute atomic E-state index is 13.2. The molecule has 20 heavy (non-hydrogen) atoms. The van der Waals surface area contributed by atoms with Gasteiger partial charge in [0.05, 0.1) is 0 Å². The first-order valence-electron chi connectivity index (χ1n) is 6.96. The predicted octanol–water partition coefficient (Wildman–Crippen LogP) is 3.29. The molecule has 2 N–H and O–H groups in total. The van der Waals surface area contributed by atoms with E-state index in [9.17, 15) is 14.3 Å². The number of carboxylic acid groups (broad SMARTS) is 1. The second kappa shape index (κ2) is 6.59. The van der Waals surface area contributed by atoms with Crippen molar-refractivity contribution in [3.05, 3.63) is 30.1 Å². The van der Waals surface area contributed by atoms with Crippen molar-refractivity contribution in [2.45, 2.75) is 48.3 Å². The first-order valence-corrected chi connectivity index (χ1v) is 7.84. The number of aliphatic carboxylic acids is 1.